The first-order valence-corrected chi connectivity index (χ1v) is 14.4. The van der Waals surface area contributed by atoms with Crippen molar-refractivity contribution in [2.24, 2.45) is 0 Å². The highest BCUT2D eigenvalue weighted by atomic mass is 32.2. The van der Waals surface area contributed by atoms with Crippen LogP contribution in [-0.4, -0.2) is 76.2 Å². The molecule has 0 N–H and O–H groups in total. The van der Waals surface area contributed by atoms with Crippen molar-refractivity contribution in [1.82, 2.24) is 14.3 Å². The molecule has 0 radical (unpaired) electrons. The third-order valence-corrected chi connectivity index (χ3v) is 8.91. The highest BCUT2D eigenvalue weighted by Crippen LogP contribution is 2.33. The van der Waals surface area contributed by atoms with Crippen LogP contribution in [0.2, 0.25) is 0 Å². The van der Waals surface area contributed by atoms with Gasteiger partial charge in [-0.2, -0.15) is 4.31 Å². The number of nitrogens with zero attached hydrogens (tertiary/aromatic N) is 4. The van der Waals surface area contributed by atoms with Crippen LogP contribution in [0.3, 0.4) is 0 Å². The molecule has 2 aromatic carbocycles. The van der Waals surface area contributed by atoms with Crippen LogP contribution in [0, 0.1) is 0 Å². The average molecular weight is 571 g/mol. The van der Waals surface area contributed by atoms with Gasteiger partial charge in [0.05, 0.1) is 42.0 Å². The van der Waals surface area contributed by atoms with Crippen LogP contribution in [0.25, 0.3) is 10.2 Å². The van der Waals surface area contributed by atoms with Crippen molar-refractivity contribution in [2.75, 3.05) is 52.5 Å². The number of hydrogen-bond acceptors (Lipinski definition) is 9. The molecule has 0 spiro atoms. The zero-order valence-electron chi connectivity index (χ0n) is 21.9. The monoisotopic (exact) mass is 570 g/mol. The number of anilines is 1. The van der Waals surface area contributed by atoms with E-state index in [1.165, 1.54) is 54.1 Å². The van der Waals surface area contributed by atoms with Crippen LogP contribution < -0.4 is 9.64 Å². The number of carbonyl (C=O) groups is 1. The molecule has 4 rings (SSSR count). The maximum atomic E-state index is 13.8. The minimum absolute atomic E-state index is 0.0807. The fraction of sp³-hybridized carbons (Fsp3) is 0.296. The molecule has 2 heterocycles. The quantitative estimate of drug-likeness (QED) is 0.239. The summed E-state index contributed by atoms with van der Waals surface area (Å²) in [5, 5.41) is 0.508. The van der Waals surface area contributed by atoms with Crippen molar-refractivity contribution in [3.05, 3.63) is 78.1 Å². The lowest BCUT2D eigenvalue weighted by molar-refractivity contribution is 0.0985. The van der Waals surface area contributed by atoms with E-state index in [4.69, 9.17) is 14.2 Å². The SMILES string of the molecule is COCCN(CCOC)S(=O)(=O)c1ccc(C(=O)N(Cc2cccnc2)c2nc3ccc(OC)cc3s2)cc1. The lowest BCUT2D eigenvalue weighted by Crippen LogP contribution is -2.36. The molecule has 10 nitrogen and oxygen atoms in total. The summed E-state index contributed by atoms with van der Waals surface area (Å²) in [4.78, 5) is 24.3. The largest absolute Gasteiger partial charge is 0.497 e. The number of rotatable bonds is 13. The molecular weight excluding hydrogens is 540 g/mol. The first kappa shape index (κ1) is 28.6. The van der Waals surface area contributed by atoms with Gasteiger partial charge in [0, 0.05) is 45.3 Å². The molecule has 0 atom stereocenters. The van der Waals surface area contributed by atoms with Gasteiger partial charge in [-0.25, -0.2) is 13.4 Å². The number of aromatic nitrogens is 2. The van der Waals surface area contributed by atoms with E-state index in [0.717, 1.165) is 15.8 Å². The predicted octanol–water partition coefficient (Wildman–Crippen LogP) is 3.83. The van der Waals surface area contributed by atoms with Gasteiger partial charge < -0.3 is 14.2 Å². The number of hydrogen-bond donors (Lipinski definition) is 0. The number of fused-ring (bicyclic) bond motifs is 1. The summed E-state index contributed by atoms with van der Waals surface area (Å²) >= 11 is 1.37. The van der Waals surface area contributed by atoms with E-state index in [2.05, 4.69) is 9.97 Å². The number of benzene rings is 2. The highest BCUT2D eigenvalue weighted by molar-refractivity contribution is 7.89. The first-order chi connectivity index (χ1) is 18.9. The summed E-state index contributed by atoms with van der Waals surface area (Å²) in [6.45, 7) is 1.10. The second kappa shape index (κ2) is 13.1. The summed E-state index contributed by atoms with van der Waals surface area (Å²) in [5.41, 5.74) is 1.90. The van der Waals surface area contributed by atoms with Crippen LogP contribution in [-0.2, 0) is 26.0 Å². The van der Waals surface area contributed by atoms with E-state index in [1.807, 2.05) is 24.3 Å². The molecule has 2 aromatic heterocycles. The molecule has 0 aliphatic carbocycles. The van der Waals surface area contributed by atoms with Gasteiger partial charge in [-0.05, 0) is 54.1 Å². The Morgan fingerprint density at radius 3 is 2.31 bits per heavy atom. The number of sulfonamides is 1. The van der Waals surface area contributed by atoms with Crippen LogP contribution >= 0.6 is 11.3 Å². The lowest BCUT2D eigenvalue weighted by Gasteiger charge is -2.22. The van der Waals surface area contributed by atoms with Gasteiger partial charge in [-0.1, -0.05) is 17.4 Å². The Bertz CT molecular complexity index is 1490. The van der Waals surface area contributed by atoms with Crippen LogP contribution in [0.4, 0.5) is 5.13 Å². The molecule has 206 valence electrons. The Morgan fingerprint density at radius 1 is 0.974 bits per heavy atom. The molecule has 4 aromatic rings. The Kier molecular flexibility index (Phi) is 9.59. The first-order valence-electron chi connectivity index (χ1n) is 12.1. The maximum Gasteiger partial charge on any atom is 0.260 e. The van der Waals surface area contributed by atoms with Crippen LogP contribution in [0.15, 0.2) is 71.9 Å². The van der Waals surface area contributed by atoms with Gasteiger partial charge in [0.1, 0.15) is 5.75 Å². The van der Waals surface area contributed by atoms with E-state index in [1.54, 1.807) is 30.5 Å². The Hall–Kier alpha value is -3.42. The Labute approximate surface area is 231 Å². The standard InChI is InChI=1S/C27H30N4O6S2/c1-35-15-13-30(14-16-36-2)39(33,34)23-9-6-21(7-10-23)26(32)31(19-20-5-4-12-28-18-20)27-29-24-11-8-22(37-3)17-25(24)38-27/h4-12,17-18H,13-16,19H2,1-3H3. The van der Waals surface area contributed by atoms with E-state index in [9.17, 15) is 13.2 Å². The number of carbonyl (C=O) groups excluding carboxylic acids is 1. The fourth-order valence-corrected chi connectivity index (χ4v) is 6.25. The normalized spacial score (nSPS) is 11.7. The highest BCUT2D eigenvalue weighted by Gasteiger charge is 2.26. The molecule has 0 aliphatic heterocycles. The summed E-state index contributed by atoms with van der Waals surface area (Å²) in [6.07, 6.45) is 3.36. The lowest BCUT2D eigenvalue weighted by atomic mass is 10.2. The van der Waals surface area contributed by atoms with Gasteiger partial charge in [0.2, 0.25) is 10.0 Å². The van der Waals surface area contributed by atoms with Gasteiger partial charge in [0.25, 0.3) is 5.91 Å². The van der Waals surface area contributed by atoms with Crippen molar-refractivity contribution < 1.29 is 27.4 Å². The second-order valence-corrected chi connectivity index (χ2v) is 11.4. The molecule has 39 heavy (non-hydrogen) atoms. The van der Waals surface area contributed by atoms with E-state index < -0.39 is 10.0 Å². The van der Waals surface area contributed by atoms with Crippen molar-refractivity contribution >= 4 is 42.6 Å². The minimum Gasteiger partial charge on any atom is -0.497 e. The molecule has 0 fully saturated rings. The smallest absolute Gasteiger partial charge is 0.260 e. The molecule has 12 heteroatoms. The zero-order valence-corrected chi connectivity index (χ0v) is 23.6. The number of ether oxygens (including phenoxy) is 3. The molecule has 0 bridgehead atoms. The van der Waals surface area contributed by atoms with Crippen molar-refractivity contribution in [1.29, 1.82) is 0 Å². The molecule has 0 unspecified atom stereocenters. The van der Waals surface area contributed by atoms with E-state index in [0.29, 0.717) is 16.4 Å². The predicted molar refractivity (Wildman–Crippen MR) is 150 cm³/mol. The van der Waals surface area contributed by atoms with Gasteiger partial charge >= 0.3 is 0 Å². The Balaban J connectivity index is 1.65. The topological polar surface area (TPSA) is 111 Å². The number of methoxy groups -OCH3 is 3. The van der Waals surface area contributed by atoms with Gasteiger partial charge in [0.15, 0.2) is 5.13 Å². The summed E-state index contributed by atoms with van der Waals surface area (Å²) < 4.78 is 44.2. The fourth-order valence-electron chi connectivity index (χ4n) is 3.85. The van der Waals surface area contributed by atoms with Crippen LogP contribution in [0.1, 0.15) is 15.9 Å². The van der Waals surface area contributed by atoms with Crippen molar-refractivity contribution in [3.8, 4) is 5.75 Å². The van der Waals surface area contributed by atoms with E-state index >= 15 is 0 Å². The Morgan fingerprint density at radius 2 is 1.69 bits per heavy atom. The summed E-state index contributed by atoms with van der Waals surface area (Å²) in [5.74, 6) is 0.383. The number of amides is 1. The molecular formula is C27H30N4O6S2. The molecule has 0 aliphatic rings. The zero-order chi connectivity index (χ0) is 27.8. The van der Waals surface area contributed by atoms with Gasteiger partial charge in [-0.15, -0.1) is 0 Å². The molecule has 0 saturated carbocycles. The minimum atomic E-state index is -3.81. The molecule has 1 amide bonds. The third kappa shape index (κ3) is 6.78. The van der Waals surface area contributed by atoms with Gasteiger partial charge in [-0.3, -0.25) is 14.7 Å². The van der Waals surface area contributed by atoms with Crippen molar-refractivity contribution in [3.63, 3.8) is 0 Å². The maximum absolute atomic E-state index is 13.8. The number of thiazole rings is 1. The molecule has 0 saturated heterocycles. The third-order valence-electron chi connectivity index (χ3n) is 5.95. The van der Waals surface area contributed by atoms with Crippen molar-refractivity contribution in [2.45, 2.75) is 11.4 Å². The second-order valence-electron chi connectivity index (χ2n) is 8.50. The summed E-state index contributed by atoms with van der Waals surface area (Å²) in [6, 6.07) is 15.2. The van der Waals surface area contributed by atoms with Crippen LogP contribution in [0.5, 0.6) is 5.75 Å². The average Bonchev–Trinajstić information content (AvgIpc) is 3.39. The summed E-state index contributed by atoms with van der Waals surface area (Å²) in [7, 11) is 0.811. The van der Waals surface area contributed by atoms with E-state index in [-0.39, 0.29) is 43.7 Å². The number of pyridine rings is 1.